The van der Waals surface area contributed by atoms with Gasteiger partial charge in [-0.15, -0.1) is 0 Å². The SMILES string of the molecule is Cn1cc([C@H]2CN(C(=O)c3ccc(C(F)(F)F)nc3)Cc3ccccc32)cn1. The van der Waals surface area contributed by atoms with Crippen LogP contribution in [0.15, 0.2) is 55.0 Å². The number of halogens is 3. The number of pyridine rings is 1. The molecule has 1 aliphatic rings. The van der Waals surface area contributed by atoms with Gasteiger partial charge in [0.15, 0.2) is 0 Å². The molecule has 4 rings (SSSR count). The Hall–Kier alpha value is -3.16. The van der Waals surface area contributed by atoms with Crippen LogP contribution in [0.25, 0.3) is 0 Å². The van der Waals surface area contributed by atoms with Crippen molar-refractivity contribution in [3.05, 3.63) is 82.9 Å². The van der Waals surface area contributed by atoms with E-state index in [-0.39, 0.29) is 17.4 Å². The summed E-state index contributed by atoms with van der Waals surface area (Å²) in [7, 11) is 1.83. The van der Waals surface area contributed by atoms with Crippen molar-refractivity contribution in [2.75, 3.05) is 6.54 Å². The highest BCUT2D eigenvalue weighted by atomic mass is 19.4. The van der Waals surface area contributed by atoms with Gasteiger partial charge in [-0.25, -0.2) is 0 Å². The molecule has 3 heterocycles. The highest BCUT2D eigenvalue weighted by Crippen LogP contribution is 2.34. The van der Waals surface area contributed by atoms with Crippen LogP contribution in [0, 0.1) is 0 Å². The first kappa shape index (κ1) is 18.2. The summed E-state index contributed by atoms with van der Waals surface area (Å²) in [5, 5.41) is 4.22. The number of aromatic nitrogens is 3. The zero-order chi connectivity index (χ0) is 19.9. The maximum Gasteiger partial charge on any atom is 0.433 e. The normalized spacial score (nSPS) is 16.7. The average Bonchev–Trinajstić information content (AvgIpc) is 3.12. The fraction of sp³-hybridized carbons (Fsp3) is 0.250. The smallest absolute Gasteiger partial charge is 0.333 e. The Labute approximate surface area is 159 Å². The van der Waals surface area contributed by atoms with E-state index >= 15 is 0 Å². The molecule has 1 aliphatic heterocycles. The Bertz CT molecular complexity index is 1010. The van der Waals surface area contributed by atoms with Gasteiger partial charge in [-0.05, 0) is 28.8 Å². The van der Waals surface area contributed by atoms with Crippen LogP contribution in [0.5, 0.6) is 0 Å². The van der Waals surface area contributed by atoms with Crippen molar-refractivity contribution < 1.29 is 18.0 Å². The van der Waals surface area contributed by atoms with Crippen LogP contribution >= 0.6 is 0 Å². The van der Waals surface area contributed by atoms with Gasteiger partial charge in [0.1, 0.15) is 5.69 Å². The van der Waals surface area contributed by atoms with Gasteiger partial charge in [0.25, 0.3) is 5.91 Å². The van der Waals surface area contributed by atoms with Gasteiger partial charge in [-0.2, -0.15) is 18.3 Å². The van der Waals surface area contributed by atoms with E-state index in [0.717, 1.165) is 29.0 Å². The van der Waals surface area contributed by atoms with Crippen LogP contribution in [0.4, 0.5) is 13.2 Å². The summed E-state index contributed by atoms with van der Waals surface area (Å²) in [6.07, 6.45) is 0.145. The molecule has 1 aromatic carbocycles. The summed E-state index contributed by atoms with van der Waals surface area (Å²) in [5.41, 5.74) is 2.25. The van der Waals surface area contributed by atoms with Crippen molar-refractivity contribution in [3.8, 4) is 0 Å². The summed E-state index contributed by atoms with van der Waals surface area (Å²) in [5.74, 6) is -0.394. The summed E-state index contributed by atoms with van der Waals surface area (Å²) in [4.78, 5) is 18.0. The van der Waals surface area contributed by atoms with Crippen molar-refractivity contribution in [2.45, 2.75) is 18.6 Å². The summed E-state index contributed by atoms with van der Waals surface area (Å²) in [6.45, 7) is 0.815. The molecule has 3 aromatic rings. The molecular weight excluding hydrogens is 369 g/mol. The van der Waals surface area contributed by atoms with E-state index in [1.54, 1.807) is 15.8 Å². The van der Waals surface area contributed by atoms with E-state index in [1.165, 1.54) is 6.07 Å². The van der Waals surface area contributed by atoms with E-state index in [0.29, 0.717) is 13.1 Å². The number of carbonyl (C=O) groups is 1. The predicted octanol–water partition coefficient (Wildman–Crippen LogP) is 3.62. The van der Waals surface area contributed by atoms with Gasteiger partial charge in [0.05, 0.1) is 11.8 Å². The second-order valence-corrected chi connectivity index (χ2v) is 6.81. The highest BCUT2D eigenvalue weighted by Gasteiger charge is 2.33. The van der Waals surface area contributed by atoms with Gasteiger partial charge in [0.2, 0.25) is 0 Å². The minimum Gasteiger partial charge on any atom is -0.333 e. The Morgan fingerprint density at radius 2 is 1.93 bits per heavy atom. The standard InChI is InChI=1S/C20H17F3N4O/c1-26-10-15(9-25-26)17-12-27(11-14-4-2-3-5-16(14)17)19(28)13-6-7-18(24-8-13)20(21,22)23/h2-10,17H,11-12H2,1H3/t17-/m1/s1. The number of carbonyl (C=O) groups excluding carboxylic acids is 1. The van der Waals surface area contributed by atoms with E-state index < -0.39 is 11.9 Å². The van der Waals surface area contributed by atoms with Gasteiger partial charge in [-0.1, -0.05) is 24.3 Å². The van der Waals surface area contributed by atoms with Crippen molar-refractivity contribution in [3.63, 3.8) is 0 Å². The molecule has 28 heavy (non-hydrogen) atoms. The van der Waals surface area contributed by atoms with Crippen LogP contribution in [0.2, 0.25) is 0 Å². The largest absolute Gasteiger partial charge is 0.433 e. The number of fused-ring (bicyclic) bond motifs is 1. The number of hydrogen-bond acceptors (Lipinski definition) is 3. The van der Waals surface area contributed by atoms with Crippen LogP contribution in [0.3, 0.4) is 0 Å². The molecule has 1 amide bonds. The maximum absolute atomic E-state index is 12.9. The Morgan fingerprint density at radius 1 is 1.14 bits per heavy atom. The lowest BCUT2D eigenvalue weighted by Gasteiger charge is -2.34. The number of benzene rings is 1. The number of hydrogen-bond donors (Lipinski definition) is 0. The first-order valence-electron chi connectivity index (χ1n) is 8.72. The Balaban J connectivity index is 1.64. The molecule has 0 radical (unpaired) electrons. The number of rotatable bonds is 2. The molecular formula is C20H17F3N4O. The Morgan fingerprint density at radius 3 is 2.57 bits per heavy atom. The van der Waals surface area contributed by atoms with Crippen LogP contribution < -0.4 is 0 Å². The molecule has 0 saturated carbocycles. The lowest BCUT2D eigenvalue weighted by molar-refractivity contribution is -0.141. The highest BCUT2D eigenvalue weighted by molar-refractivity contribution is 5.94. The molecule has 0 fully saturated rings. The van der Waals surface area contributed by atoms with E-state index in [2.05, 4.69) is 10.1 Å². The van der Waals surface area contributed by atoms with Crippen molar-refractivity contribution >= 4 is 5.91 Å². The lowest BCUT2D eigenvalue weighted by atomic mass is 9.86. The van der Waals surface area contributed by atoms with Crippen LogP contribution in [0.1, 0.15) is 38.7 Å². The van der Waals surface area contributed by atoms with Crippen molar-refractivity contribution in [1.82, 2.24) is 19.7 Å². The van der Waals surface area contributed by atoms with E-state index in [9.17, 15) is 18.0 Å². The van der Waals surface area contributed by atoms with Gasteiger partial charge in [0, 0.05) is 38.4 Å². The molecule has 0 N–H and O–H groups in total. The third-order valence-corrected chi connectivity index (χ3v) is 4.91. The summed E-state index contributed by atoms with van der Waals surface area (Å²) >= 11 is 0. The number of amides is 1. The van der Waals surface area contributed by atoms with Gasteiger partial charge < -0.3 is 4.90 Å². The molecule has 8 heteroatoms. The van der Waals surface area contributed by atoms with E-state index in [1.807, 2.05) is 37.5 Å². The molecule has 0 spiro atoms. The summed E-state index contributed by atoms with van der Waals surface area (Å²) in [6, 6.07) is 9.88. The molecule has 0 bridgehead atoms. The molecule has 0 aliphatic carbocycles. The van der Waals surface area contributed by atoms with Crippen LogP contribution in [-0.2, 0) is 19.8 Å². The lowest BCUT2D eigenvalue weighted by Crippen LogP contribution is -2.38. The minimum absolute atomic E-state index is 0.0509. The summed E-state index contributed by atoms with van der Waals surface area (Å²) < 4.78 is 39.9. The third kappa shape index (κ3) is 3.37. The molecule has 2 aromatic heterocycles. The van der Waals surface area contributed by atoms with Crippen molar-refractivity contribution in [1.29, 1.82) is 0 Å². The fourth-order valence-corrected chi connectivity index (χ4v) is 3.54. The molecule has 144 valence electrons. The van der Waals surface area contributed by atoms with Crippen molar-refractivity contribution in [2.24, 2.45) is 7.05 Å². The quantitative estimate of drug-likeness (QED) is 0.676. The molecule has 5 nitrogen and oxygen atoms in total. The second-order valence-electron chi connectivity index (χ2n) is 6.81. The zero-order valence-electron chi connectivity index (χ0n) is 15.0. The first-order chi connectivity index (χ1) is 13.3. The Kier molecular flexibility index (Phi) is 4.41. The topological polar surface area (TPSA) is 51.0 Å². The number of aryl methyl sites for hydroxylation is 1. The monoisotopic (exact) mass is 386 g/mol. The fourth-order valence-electron chi connectivity index (χ4n) is 3.54. The average molecular weight is 386 g/mol. The maximum atomic E-state index is 12.9. The second kappa shape index (κ2) is 6.78. The minimum atomic E-state index is -4.53. The first-order valence-corrected chi connectivity index (χ1v) is 8.72. The zero-order valence-corrected chi connectivity index (χ0v) is 15.0. The van der Waals surface area contributed by atoms with Gasteiger partial charge >= 0.3 is 6.18 Å². The molecule has 1 atom stereocenters. The van der Waals surface area contributed by atoms with E-state index in [4.69, 9.17) is 0 Å². The molecule has 0 unspecified atom stereocenters. The molecule has 0 saturated heterocycles. The van der Waals surface area contributed by atoms with Crippen LogP contribution in [-0.4, -0.2) is 32.1 Å². The number of nitrogens with zero attached hydrogens (tertiary/aromatic N) is 4. The predicted molar refractivity (Wildman–Crippen MR) is 95.5 cm³/mol. The van der Waals surface area contributed by atoms with Gasteiger partial charge in [-0.3, -0.25) is 14.5 Å². The number of alkyl halides is 3. The third-order valence-electron chi connectivity index (χ3n) is 4.91.